The molecule has 3 aromatic rings. The summed E-state index contributed by atoms with van der Waals surface area (Å²) in [6.07, 6.45) is 5.31. The summed E-state index contributed by atoms with van der Waals surface area (Å²) in [5, 5.41) is 0. The molecule has 7 heteroatoms. The van der Waals surface area contributed by atoms with Crippen LogP contribution in [-0.4, -0.2) is 18.7 Å². The summed E-state index contributed by atoms with van der Waals surface area (Å²) in [5.74, 6) is 1.31. The van der Waals surface area contributed by atoms with Gasteiger partial charge in [-0.2, -0.15) is 9.98 Å². The van der Waals surface area contributed by atoms with Crippen molar-refractivity contribution in [3.63, 3.8) is 0 Å². The molecule has 0 aliphatic rings. The maximum absolute atomic E-state index is 4.31. The van der Waals surface area contributed by atoms with E-state index in [4.69, 9.17) is 0 Å². The van der Waals surface area contributed by atoms with E-state index in [1.807, 2.05) is 34.3 Å². The predicted octanol–water partition coefficient (Wildman–Crippen LogP) is 1.84. The van der Waals surface area contributed by atoms with Crippen LogP contribution in [-0.2, 0) is 0 Å². The van der Waals surface area contributed by atoms with Crippen molar-refractivity contribution < 1.29 is 0 Å². The predicted molar refractivity (Wildman–Crippen MR) is 67.6 cm³/mol. The lowest BCUT2D eigenvalue weighted by Crippen LogP contribution is -1.96. The molecular formula is C10H8ClN5S. The molecule has 0 aliphatic carbocycles. The van der Waals surface area contributed by atoms with Crippen molar-refractivity contribution >= 4 is 35.5 Å². The van der Waals surface area contributed by atoms with E-state index in [0.717, 1.165) is 0 Å². The van der Waals surface area contributed by atoms with E-state index in [9.17, 15) is 0 Å². The summed E-state index contributed by atoms with van der Waals surface area (Å²) in [4.78, 5) is 17.5. The second-order valence-electron chi connectivity index (χ2n) is 3.03. The fourth-order valence-corrected chi connectivity index (χ4v) is 1.99. The van der Waals surface area contributed by atoms with Crippen LogP contribution in [0.2, 0.25) is 0 Å². The molecule has 0 amide bonds. The van der Waals surface area contributed by atoms with Gasteiger partial charge in [0.1, 0.15) is 0 Å². The molecule has 0 radical (unpaired) electrons. The quantitative estimate of drug-likeness (QED) is 0.675. The molecule has 17 heavy (non-hydrogen) atoms. The molecule has 0 aromatic carbocycles. The molecule has 0 N–H and O–H groups in total. The molecule has 0 saturated carbocycles. The normalized spacial score (nSPS) is 11.4. The Morgan fingerprint density at radius 3 is 2.76 bits per heavy atom. The Kier molecular flexibility index (Phi) is 3.46. The summed E-state index contributed by atoms with van der Waals surface area (Å²) < 4.78 is 1.86. The first-order valence-corrected chi connectivity index (χ1v) is 5.46. The van der Waals surface area contributed by atoms with E-state index < -0.39 is 0 Å². The van der Waals surface area contributed by atoms with Crippen LogP contribution in [0.4, 0.5) is 5.82 Å². The largest absolute Gasteiger partial charge is 0.246 e. The zero-order valence-electron chi connectivity index (χ0n) is 8.59. The van der Waals surface area contributed by atoms with Gasteiger partial charge in [-0.25, -0.2) is 13.8 Å². The third-order valence-corrected chi connectivity index (χ3v) is 2.76. The van der Waals surface area contributed by atoms with Gasteiger partial charge in [-0.15, -0.1) is 12.4 Å². The number of halogens is 1. The van der Waals surface area contributed by atoms with E-state index in [1.165, 1.54) is 11.5 Å². The molecule has 3 heterocycles. The van der Waals surface area contributed by atoms with Crippen LogP contribution in [0.5, 0.6) is 0 Å². The Bertz CT molecular complexity index is 639. The highest BCUT2D eigenvalue weighted by Gasteiger charge is 1.97. The number of rotatable bonds is 1. The topological polar surface area (TPSA) is 55.4 Å². The van der Waals surface area contributed by atoms with Gasteiger partial charge in [0, 0.05) is 18.6 Å². The van der Waals surface area contributed by atoms with Crippen molar-refractivity contribution in [2.75, 3.05) is 0 Å². The van der Waals surface area contributed by atoms with Gasteiger partial charge in [0.05, 0.1) is 0 Å². The summed E-state index contributed by atoms with van der Waals surface area (Å²) in [6, 6.07) is 7.44. The minimum Gasteiger partial charge on any atom is -0.237 e. The number of nitrogens with zero attached hydrogens (tertiary/aromatic N) is 5. The van der Waals surface area contributed by atoms with Crippen molar-refractivity contribution in [1.82, 2.24) is 18.7 Å². The van der Waals surface area contributed by atoms with Gasteiger partial charge in [0.2, 0.25) is 10.6 Å². The molecule has 0 unspecified atom stereocenters. The van der Waals surface area contributed by atoms with Gasteiger partial charge in [-0.05, 0) is 29.7 Å². The van der Waals surface area contributed by atoms with Crippen molar-refractivity contribution in [3.8, 4) is 0 Å². The van der Waals surface area contributed by atoms with Gasteiger partial charge >= 0.3 is 0 Å². The fraction of sp³-hybridized carbons (Fsp3) is 0. The molecule has 3 aromatic heterocycles. The number of hydrogen-bond acceptors (Lipinski definition) is 5. The standard InChI is InChI=1S/C10H7N5S.ClH/c1-2-5-11-8(4-1)13-10-14-9-12-6-3-7-15(9)16-10;/h1-7H;1H/b13-10+;. The minimum atomic E-state index is 0. The molecule has 86 valence electrons. The minimum absolute atomic E-state index is 0. The Morgan fingerprint density at radius 1 is 1.12 bits per heavy atom. The van der Waals surface area contributed by atoms with Gasteiger partial charge in [-0.1, -0.05) is 6.07 Å². The van der Waals surface area contributed by atoms with Crippen LogP contribution < -0.4 is 4.80 Å². The molecule has 0 aliphatic heterocycles. The number of hydrogen-bond donors (Lipinski definition) is 0. The van der Waals surface area contributed by atoms with Crippen LogP contribution in [0, 0.1) is 0 Å². The number of fused-ring (bicyclic) bond motifs is 1. The van der Waals surface area contributed by atoms with Crippen LogP contribution >= 0.6 is 23.9 Å². The third kappa shape index (κ3) is 2.48. The maximum atomic E-state index is 4.31. The Hall–Kier alpha value is -1.79. The van der Waals surface area contributed by atoms with Gasteiger partial charge in [0.25, 0.3) is 0 Å². The highest BCUT2D eigenvalue weighted by molar-refractivity contribution is 7.03. The molecule has 3 rings (SSSR count). The van der Waals surface area contributed by atoms with Gasteiger partial charge < -0.3 is 0 Å². The zero-order valence-corrected chi connectivity index (χ0v) is 10.2. The van der Waals surface area contributed by atoms with Gasteiger partial charge in [0.15, 0.2) is 5.82 Å². The molecule has 5 nitrogen and oxygen atoms in total. The molecular weight excluding hydrogens is 258 g/mol. The summed E-state index contributed by atoms with van der Waals surface area (Å²) >= 11 is 1.43. The van der Waals surface area contributed by atoms with E-state index in [-0.39, 0.29) is 12.4 Å². The average molecular weight is 266 g/mol. The van der Waals surface area contributed by atoms with E-state index >= 15 is 0 Å². The fourth-order valence-electron chi connectivity index (χ4n) is 1.26. The Morgan fingerprint density at radius 2 is 2.00 bits per heavy atom. The highest BCUT2D eigenvalue weighted by atomic mass is 35.5. The average Bonchev–Trinajstić information content (AvgIpc) is 2.72. The smallest absolute Gasteiger partial charge is 0.237 e. The SMILES string of the molecule is Cl.c1ccc(/N=c2\nc3ncccn3s2)nc1. The molecule has 0 bridgehead atoms. The van der Waals surface area contributed by atoms with Crippen LogP contribution in [0.1, 0.15) is 0 Å². The summed E-state index contributed by atoms with van der Waals surface area (Å²) in [7, 11) is 0. The molecule has 0 saturated heterocycles. The number of aromatic nitrogens is 4. The van der Waals surface area contributed by atoms with Crippen molar-refractivity contribution in [2.45, 2.75) is 0 Å². The summed E-state index contributed by atoms with van der Waals surface area (Å²) in [6.45, 7) is 0. The second kappa shape index (κ2) is 5.03. The van der Waals surface area contributed by atoms with E-state index in [0.29, 0.717) is 16.4 Å². The summed E-state index contributed by atoms with van der Waals surface area (Å²) in [5.41, 5.74) is 0. The monoisotopic (exact) mass is 265 g/mol. The van der Waals surface area contributed by atoms with Gasteiger partial charge in [-0.3, -0.25) is 0 Å². The Labute approximate surface area is 107 Å². The second-order valence-corrected chi connectivity index (χ2v) is 3.97. The lowest BCUT2D eigenvalue weighted by Gasteiger charge is -1.85. The first-order valence-electron chi connectivity index (χ1n) is 4.68. The van der Waals surface area contributed by atoms with E-state index in [1.54, 1.807) is 12.4 Å². The number of pyridine rings is 1. The van der Waals surface area contributed by atoms with Crippen LogP contribution in [0.15, 0.2) is 47.8 Å². The van der Waals surface area contributed by atoms with E-state index in [2.05, 4.69) is 19.9 Å². The molecule has 0 fully saturated rings. The van der Waals surface area contributed by atoms with Crippen molar-refractivity contribution in [3.05, 3.63) is 47.7 Å². The van der Waals surface area contributed by atoms with Crippen molar-refractivity contribution in [2.24, 2.45) is 4.99 Å². The first kappa shape index (κ1) is 11.7. The first-order chi connectivity index (χ1) is 7.92. The highest BCUT2D eigenvalue weighted by Crippen LogP contribution is 2.04. The Balaban J connectivity index is 0.00000108. The van der Waals surface area contributed by atoms with Crippen molar-refractivity contribution in [1.29, 1.82) is 0 Å². The van der Waals surface area contributed by atoms with Crippen LogP contribution in [0.25, 0.3) is 5.78 Å². The molecule has 0 atom stereocenters. The lowest BCUT2D eigenvalue weighted by molar-refractivity contribution is 1.13. The zero-order chi connectivity index (χ0) is 10.8. The third-order valence-electron chi connectivity index (χ3n) is 1.93. The maximum Gasteiger partial charge on any atom is 0.246 e. The molecule has 0 spiro atoms. The van der Waals surface area contributed by atoms with Crippen LogP contribution in [0.3, 0.4) is 0 Å². The lowest BCUT2D eigenvalue weighted by atomic mass is 10.5.